The molecule has 108 valence electrons. The van der Waals surface area contributed by atoms with E-state index in [-0.39, 0.29) is 12.4 Å². The molecular formula is C20H15ClO. The molecule has 0 aliphatic heterocycles. The molecule has 4 aromatic carbocycles. The highest BCUT2D eigenvalue weighted by molar-refractivity contribution is 5.91. The molecule has 4 aromatic rings. The maximum Gasteiger partial charge on any atom is 0.135 e. The van der Waals surface area contributed by atoms with Gasteiger partial charge in [-0.25, -0.2) is 0 Å². The van der Waals surface area contributed by atoms with Gasteiger partial charge in [-0.2, -0.15) is 0 Å². The van der Waals surface area contributed by atoms with E-state index in [0.717, 1.165) is 22.3 Å². The normalized spacial score (nSPS) is 10.4. The first kappa shape index (κ1) is 14.4. The molecule has 0 atom stereocenters. The van der Waals surface area contributed by atoms with Crippen molar-refractivity contribution in [1.82, 2.24) is 0 Å². The van der Waals surface area contributed by atoms with E-state index < -0.39 is 0 Å². The van der Waals surface area contributed by atoms with Gasteiger partial charge in [-0.05, 0) is 22.9 Å². The first-order valence-electron chi connectivity index (χ1n) is 7.05. The van der Waals surface area contributed by atoms with Crippen molar-refractivity contribution in [3.05, 3.63) is 84.9 Å². The summed E-state index contributed by atoms with van der Waals surface area (Å²) in [7, 11) is 0. The van der Waals surface area contributed by atoms with E-state index in [4.69, 9.17) is 4.74 Å². The van der Waals surface area contributed by atoms with Crippen molar-refractivity contribution < 1.29 is 4.74 Å². The Balaban J connectivity index is 0.00000144. The van der Waals surface area contributed by atoms with E-state index in [1.165, 1.54) is 10.8 Å². The standard InChI is InChI=1S/C20H14O.ClH/c1-3-11-17-15(7-1)9-5-13-19(17)21-20-14-6-10-16-8-2-4-12-18(16)20;/h1-14H;1H. The molecule has 0 amide bonds. The van der Waals surface area contributed by atoms with Crippen molar-refractivity contribution >= 4 is 34.0 Å². The molecule has 0 aliphatic carbocycles. The third kappa shape index (κ3) is 2.51. The number of halogens is 1. The molecular weight excluding hydrogens is 292 g/mol. The molecule has 1 nitrogen and oxygen atoms in total. The molecule has 0 saturated carbocycles. The van der Waals surface area contributed by atoms with Gasteiger partial charge in [0.05, 0.1) is 0 Å². The van der Waals surface area contributed by atoms with Crippen LogP contribution in [0.4, 0.5) is 0 Å². The van der Waals surface area contributed by atoms with Crippen LogP contribution in [0.5, 0.6) is 11.5 Å². The minimum absolute atomic E-state index is 0. The molecule has 22 heavy (non-hydrogen) atoms. The first-order chi connectivity index (χ1) is 10.4. The Morgan fingerprint density at radius 1 is 0.455 bits per heavy atom. The van der Waals surface area contributed by atoms with E-state index in [9.17, 15) is 0 Å². The highest BCUT2D eigenvalue weighted by Gasteiger charge is 2.05. The molecule has 0 saturated heterocycles. The van der Waals surface area contributed by atoms with E-state index in [2.05, 4.69) is 36.4 Å². The Hall–Kier alpha value is -2.51. The van der Waals surface area contributed by atoms with Crippen LogP contribution in [0.1, 0.15) is 0 Å². The monoisotopic (exact) mass is 306 g/mol. The Labute approximate surface area is 135 Å². The second-order valence-electron chi connectivity index (χ2n) is 5.06. The Kier molecular flexibility index (Phi) is 3.99. The van der Waals surface area contributed by atoms with Gasteiger partial charge in [0.2, 0.25) is 0 Å². The Bertz CT molecular complexity index is 843. The second kappa shape index (κ2) is 6.08. The molecule has 2 heteroatoms. The van der Waals surface area contributed by atoms with Crippen LogP contribution in [0.25, 0.3) is 21.5 Å². The molecule has 0 N–H and O–H groups in total. The first-order valence-corrected chi connectivity index (χ1v) is 7.05. The average Bonchev–Trinajstić information content (AvgIpc) is 2.56. The molecule has 0 aliphatic rings. The highest BCUT2D eigenvalue weighted by Crippen LogP contribution is 2.33. The zero-order valence-corrected chi connectivity index (χ0v) is 12.7. The summed E-state index contributed by atoms with van der Waals surface area (Å²) in [5, 5.41) is 4.64. The fraction of sp³-hybridized carbons (Fsp3) is 0. The molecule has 0 heterocycles. The van der Waals surface area contributed by atoms with Gasteiger partial charge in [0.25, 0.3) is 0 Å². The third-order valence-corrected chi connectivity index (χ3v) is 3.72. The SMILES string of the molecule is Cl.c1ccc2c(Oc3cccc4ccccc34)cccc2c1. The lowest BCUT2D eigenvalue weighted by molar-refractivity contribution is 0.494. The predicted octanol–water partition coefficient (Wildman–Crippen LogP) is 6.21. The third-order valence-electron chi connectivity index (χ3n) is 3.72. The van der Waals surface area contributed by atoms with E-state index in [0.29, 0.717) is 0 Å². The van der Waals surface area contributed by atoms with Gasteiger partial charge in [-0.3, -0.25) is 0 Å². The van der Waals surface area contributed by atoms with Crippen LogP contribution in [-0.2, 0) is 0 Å². The van der Waals surface area contributed by atoms with Gasteiger partial charge < -0.3 is 4.74 Å². The summed E-state index contributed by atoms with van der Waals surface area (Å²) in [5.74, 6) is 1.79. The van der Waals surface area contributed by atoms with Gasteiger partial charge >= 0.3 is 0 Å². The molecule has 0 spiro atoms. The topological polar surface area (TPSA) is 9.23 Å². The lowest BCUT2D eigenvalue weighted by Gasteiger charge is -2.11. The van der Waals surface area contributed by atoms with E-state index in [1.807, 2.05) is 48.5 Å². The van der Waals surface area contributed by atoms with Gasteiger partial charge in [0.15, 0.2) is 0 Å². The highest BCUT2D eigenvalue weighted by atomic mass is 35.5. The van der Waals surface area contributed by atoms with Crippen molar-refractivity contribution in [3.8, 4) is 11.5 Å². The lowest BCUT2D eigenvalue weighted by Crippen LogP contribution is -1.87. The molecule has 0 fully saturated rings. The zero-order valence-electron chi connectivity index (χ0n) is 11.9. The smallest absolute Gasteiger partial charge is 0.135 e. The van der Waals surface area contributed by atoms with Crippen LogP contribution in [-0.4, -0.2) is 0 Å². The van der Waals surface area contributed by atoms with Crippen molar-refractivity contribution in [2.24, 2.45) is 0 Å². The maximum atomic E-state index is 6.20. The number of ether oxygens (including phenoxy) is 1. The largest absolute Gasteiger partial charge is 0.456 e. The van der Waals surface area contributed by atoms with Gasteiger partial charge in [0.1, 0.15) is 11.5 Å². The quantitative estimate of drug-likeness (QED) is 0.428. The van der Waals surface area contributed by atoms with Crippen LogP contribution in [0, 0.1) is 0 Å². The van der Waals surface area contributed by atoms with Crippen LogP contribution in [0.2, 0.25) is 0 Å². The molecule has 0 unspecified atom stereocenters. The van der Waals surface area contributed by atoms with Crippen LogP contribution in [0.15, 0.2) is 84.9 Å². The van der Waals surface area contributed by atoms with Gasteiger partial charge in [-0.1, -0.05) is 72.8 Å². The number of fused-ring (bicyclic) bond motifs is 2. The molecule has 4 rings (SSSR count). The summed E-state index contributed by atoms with van der Waals surface area (Å²) in [6, 6.07) is 28.9. The minimum atomic E-state index is 0. The van der Waals surface area contributed by atoms with Crippen molar-refractivity contribution in [2.75, 3.05) is 0 Å². The summed E-state index contributed by atoms with van der Waals surface area (Å²) in [4.78, 5) is 0. The fourth-order valence-corrected chi connectivity index (χ4v) is 2.69. The summed E-state index contributed by atoms with van der Waals surface area (Å²) >= 11 is 0. The van der Waals surface area contributed by atoms with Crippen LogP contribution >= 0.6 is 12.4 Å². The number of hydrogen-bond donors (Lipinski definition) is 0. The molecule has 0 radical (unpaired) electrons. The Morgan fingerprint density at radius 3 is 1.36 bits per heavy atom. The number of benzene rings is 4. The summed E-state index contributed by atoms with van der Waals surface area (Å²) in [5.41, 5.74) is 0. The second-order valence-corrected chi connectivity index (χ2v) is 5.06. The summed E-state index contributed by atoms with van der Waals surface area (Å²) in [6.07, 6.45) is 0. The minimum Gasteiger partial charge on any atom is -0.456 e. The average molecular weight is 307 g/mol. The van der Waals surface area contributed by atoms with E-state index in [1.54, 1.807) is 0 Å². The number of hydrogen-bond acceptors (Lipinski definition) is 1. The fourth-order valence-electron chi connectivity index (χ4n) is 2.69. The van der Waals surface area contributed by atoms with Crippen molar-refractivity contribution in [1.29, 1.82) is 0 Å². The van der Waals surface area contributed by atoms with Crippen molar-refractivity contribution in [3.63, 3.8) is 0 Å². The predicted molar refractivity (Wildman–Crippen MR) is 95.2 cm³/mol. The van der Waals surface area contributed by atoms with Crippen LogP contribution in [0.3, 0.4) is 0 Å². The lowest BCUT2D eigenvalue weighted by atomic mass is 10.1. The zero-order chi connectivity index (χ0) is 14.1. The van der Waals surface area contributed by atoms with Gasteiger partial charge in [0, 0.05) is 10.8 Å². The van der Waals surface area contributed by atoms with Crippen molar-refractivity contribution in [2.45, 2.75) is 0 Å². The number of rotatable bonds is 2. The maximum absolute atomic E-state index is 6.20. The van der Waals surface area contributed by atoms with Crippen LogP contribution < -0.4 is 4.74 Å². The Morgan fingerprint density at radius 2 is 0.864 bits per heavy atom. The van der Waals surface area contributed by atoms with Gasteiger partial charge in [-0.15, -0.1) is 12.4 Å². The van der Waals surface area contributed by atoms with E-state index >= 15 is 0 Å². The molecule has 0 aromatic heterocycles. The summed E-state index contributed by atoms with van der Waals surface area (Å²) < 4.78 is 6.20. The summed E-state index contributed by atoms with van der Waals surface area (Å²) in [6.45, 7) is 0. The molecule has 0 bridgehead atoms.